The molecule has 0 bridgehead atoms. The highest BCUT2D eigenvalue weighted by Gasteiger charge is 2.08. The first kappa shape index (κ1) is 9.96. The third-order valence-corrected chi connectivity index (χ3v) is 2.70. The Labute approximate surface area is 98.8 Å². The number of H-pyrrole nitrogens is 1. The van der Waals surface area contributed by atoms with Crippen molar-refractivity contribution in [2.45, 2.75) is 6.67 Å². The molecule has 0 atom stereocenters. The number of aromatic amines is 1. The number of pyridine rings is 1. The number of nitrogens with zero attached hydrogens (tertiary/aromatic N) is 2. The number of hydrogen-bond acceptors (Lipinski definition) is 2. The zero-order valence-electron chi connectivity index (χ0n) is 9.02. The molecule has 0 saturated carbocycles. The molecule has 0 saturated heterocycles. The summed E-state index contributed by atoms with van der Waals surface area (Å²) < 4.78 is 12.9. The highest BCUT2D eigenvalue weighted by Crippen LogP contribution is 2.23. The first-order valence-corrected chi connectivity index (χ1v) is 5.32. The van der Waals surface area contributed by atoms with Gasteiger partial charge >= 0.3 is 0 Å². The van der Waals surface area contributed by atoms with Crippen molar-refractivity contribution in [3.8, 4) is 11.4 Å². The quantitative estimate of drug-likeness (QED) is 0.732. The molecule has 17 heavy (non-hydrogen) atoms. The molecule has 4 heteroatoms. The van der Waals surface area contributed by atoms with Crippen LogP contribution < -0.4 is 0 Å². The molecule has 0 aliphatic carbocycles. The van der Waals surface area contributed by atoms with E-state index in [1.165, 1.54) is 0 Å². The molecule has 3 nitrogen and oxygen atoms in total. The lowest BCUT2D eigenvalue weighted by Crippen LogP contribution is -1.87. The number of rotatable bonds is 2. The van der Waals surface area contributed by atoms with Gasteiger partial charge in [0.15, 0.2) is 0 Å². The molecule has 0 radical (unpaired) electrons. The van der Waals surface area contributed by atoms with E-state index in [-0.39, 0.29) is 1.43 Å². The van der Waals surface area contributed by atoms with Gasteiger partial charge in [0.05, 0.1) is 17.2 Å². The lowest BCUT2D eigenvalue weighted by atomic mass is 10.1. The smallest absolute Gasteiger partial charge is 0.138 e. The lowest BCUT2D eigenvalue weighted by molar-refractivity contribution is 0.486. The van der Waals surface area contributed by atoms with E-state index >= 15 is 0 Å². The fourth-order valence-electron chi connectivity index (χ4n) is 1.85. The summed E-state index contributed by atoms with van der Waals surface area (Å²) in [4.78, 5) is 11.6. The van der Waals surface area contributed by atoms with E-state index in [4.69, 9.17) is 0 Å². The van der Waals surface area contributed by atoms with E-state index in [2.05, 4.69) is 15.0 Å². The second-order valence-corrected chi connectivity index (χ2v) is 3.77. The fourth-order valence-corrected chi connectivity index (χ4v) is 1.85. The Morgan fingerprint density at radius 1 is 1.24 bits per heavy atom. The van der Waals surface area contributed by atoms with Crippen LogP contribution >= 0.6 is 0 Å². The molecular formula is C13H12FN3. The Hall–Kier alpha value is -2.23. The normalized spacial score (nSPS) is 10.9. The average molecular weight is 229 g/mol. The highest BCUT2D eigenvalue weighted by atomic mass is 19.1. The molecular weight excluding hydrogens is 217 g/mol. The van der Waals surface area contributed by atoms with Gasteiger partial charge in [-0.05, 0) is 11.6 Å². The molecule has 1 N–H and O–H groups in total. The molecule has 0 fully saturated rings. The van der Waals surface area contributed by atoms with Crippen LogP contribution in [0.3, 0.4) is 0 Å². The van der Waals surface area contributed by atoms with Crippen LogP contribution in [0.2, 0.25) is 0 Å². The second kappa shape index (κ2) is 3.97. The van der Waals surface area contributed by atoms with Crippen LogP contribution in [0.4, 0.5) is 4.39 Å². The number of imidazole rings is 1. The number of aromatic nitrogens is 3. The van der Waals surface area contributed by atoms with E-state index in [1.807, 2.05) is 24.3 Å². The van der Waals surface area contributed by atoms with E-state index in [9.17, 15) is 4.39 Å². The number of nitrogens with one attached hydrogen (secondary N) is 1. The van der Waals surface area contributed by atoms with E-state index in [0.717, 1.165) is 16.6 Å². The minimum Gasteiger partial charge on any atom is -0.337 e. The summed E-state index contributed by atoms with van der Waals surface area (Å²) >= 11 is 0. The van der Waals surface area contributed by atoms with E-state index in [1.54, 1.807) is 18.5 Å². The monoisotopic (exact) mass is 229 g/mol. The van der Waals surface area contributed by atoms with Crippen LogP contribution in [0.1, 0.15) is 6.99 Å². The van der Waals surface area contributed by atoms with Gasteiger partial charge in [-0.25, -0.2) is 9.37 Å². The standard InChI is InChI=1S/C13H10FN3.H2/c14-7-9-3-1-2-4-10(9)13-16-11-5-6-15-8-12(11)17-13;/h1-6,8H,7H2,(H,16,17);1H. The van der Waals surface area contributed by atoms with Crippen molar-refractivity contribution in [2.75, 3.05) is 0 Å². The largest absolute Gasteiger partial charge is 0.337 e. The van der Waals surface area contributed by atoms with Crippen LogP contribution in [0.25, 0.3) is 22.4 Å². The van der Waals surface area contributed by atoms with Gasteiger partial charge < -0.3 is 4.98 Å². The Morgan fingerprint density at radius 2 is 2.12 bits per heavy atom. The van der Waals surface area contributed by atoms with Crippen LogP contribution in [0, 0.1) is 0 Å². The molecule has 2 aromatic heterocycles. The minimum atomic E-state index is -0.495. The average Bonchev–Trinajstić information content (AvgIpc) is 2.82. The topological polar surface area (TPSA) is 41.6 Å². The molecule has 2 heterocycles. The molecule has 3 rings (SSSR count). The summed E-state index contributed by atoms with van der Waals surface area (Å²) in [5.74, 6) is 0.682. The third-order valence-electron chi connectivity index (χ3n) is 2.70. The van der Waals surface area contributed by atoms with Gasteiger partial charge in [0.2, 0.25) is 0 Å². The number of alkyl halides is 1. The zero-order valence-corrected chi connectivity index (χ0v) is 9.02. The molecule has 1 aromatic carbocycles. The van der Waals surface area contributed by atoms with Crippen LogP contribution in [0.5, 0.6) is 0 Å². The Bertz CT molecular complexity index is 633. The van der Waals surface area contributed by atoms with Crippen molar-refractivity contribution in [1.82, 2.24) is 15.0 Å². The highest BCUT2D eigenvalue weighted by molar-refractivity contribution is 5.78. The fraction of sp³-hybridized carbons (Fsp3) is 0.0769. The van der Waals surface area contributed by atoms with Gasteiger partial charge in [0.1, 0.15) is 12.5 Å². The van der Waals surface area contributed by atoms with Gasteiger partial charge in [0, 0.05) is 13.2 Å². The zero-order chi connectivity index (χ0) is 11.7. The maximum atomic E-state index is 12.9. The van der Waals surface area contributed by atoms with Crippen molar-refractivity contribution in [3.63, 3.8) is 0 Å². The number of halogens is 1. The Morgan fingerprint density at radius 3 is 2.94 bits per heavy atom. The summed E-state index contributed by atoms with van der Waals surface area (Å²) in [6, 6.07) is 9.15. The maximum absolute atomic E-state index is 12.9. The second-order valence-electron chi connectivity index (χ2n) is 3.77. The molecule has 3 aromatic rings. The molecule has 0 amide bonds. The minimum absolute atomic E-state index is 0. The van der Waals surface area contributed by atoms with Crippen molar-refractivity contribution in [2.24, 2.45) is 0 Å². The van der Waals surface area contributed by atoms with Gasteiger partial charge in [0.25, 0.3) is 0 Å². The first-order chi connectivity index (χ1) is 8.38. The van der Waals surface area contributed by atoms with Gasteiger partial charge in [-0.1, -0.05) is 24.3 Å². The van der Waals surface area contributed by atoms with E-state index in [0.29, 0.717) is 11.4 Å². The first-order valence-electron chi connectivity index (χ1n) is 5.32. The molecule has 0 aliphatic rings. The summed E-state index contributed by atoms with van der Waals surface area (Å²) in [5.41, 5.74) is 3.13. The van der Waals surface area contributed by atoms with Crippen molar-refractivity contribution < 1.29 is 5.82 Å². The number of fused-ring (bicyclic) bond motifs is 1. The summed E-state index contributed by atoms with van der Waals surface area (Å²) in [5, 5.41) is 0. The van der Waals surface area contributed by atoms with Crippen molar-refractivity contribution >= 4 is 11.0 Å². The van der Waals surface area contributed by atoms with Crippen LogP contribution in [0.15, 0.2) is 42.7 Å². The van der Waals surface area contributed by atoms with Crippen LogP contribution in [-0.4, -0.2) is 15.0 Å². The number of hydrogen-bond donors (Lipinski definition) is 1. The third kappa shape index (κ3) is 1.67. The predicted octanol–water partition coefficient (Wildman–Crippen LogP) is 3.34. The molecule has 0 aliphatic heterocycles. The maximum Gasteiger partial charge on any atom is 0.138 e. The van der Waals surface area contributed by atoms with Crippen LogP contribution in [-0.2, 0) is 6.67 Å². The molecule has 86 valence electrons. The van der Waals surface area contributed by atoms with E-state index < -0.39 is 6.67 Å². The van der Waals surface area contributed by atoms with Gasteiger partial charge in [-0.3, -0.25) is 4.98 Å². The SMILES string of the molecule is FCc1ccccc1-c1nc2ccncc2[nH]1.[HH]. The Kier molecular flexibility index (Phi) is 2.33. The van der Waals surface area contributed by atoms with Gasteiger partial charge in [-0.2, -0.15) is 0 Å². The molecule has 0 spiro atoms. The predicted molar refractivity (Wildman–Crippen MR) is 66.3 cm³/mol. The molecule has 0 unspecified atom stereocenters. The summed E-state index contributed by atoms with van der Waals surface area (Å²) in [7, 11) is 0. The number of benzene rings is 1. The lowest BCUT2D eigenvalue weighted by Gasteiger charge is -2.01. The summed E-state index contributed by atoms with van der Waals surface area (Å²) in [6.45, 7) is -0.495. The summed E-state index contributed by atoms with van der Waals surface area (Å²) in [6.07, 6.45) is 3.40. The van der Waals surface area contributed by atoms with Crippen molar-refractivity contribution in [3.05, 3.63) is 48.3 Å². The van der Waals surface area contributed by atoms with Gasteiger partial charge in [-0.15, -0.1) is 0 Å². The van der Waals surface area contributed by atoms with Crippen molar-refractivity contribution in [1.29, 1.82) is 0 Å². The Balaban J connectivity index is 0.00000120.